The molecule has 0 aliphatic rings. The number of hydrogen-bond acceptors (Lipinski definition) is 2. The predicted molar refractivity (Wildman–Crippen MR) is 124 cm³/mol. The van der Waals surface area contributed by atoms with Gasteiger partial charge in [-0.2, -0.15) is 13.2 Å². The van der Waals surface area contributed by atoms with Crippen LogP contribution in [0.4, 0.5) is 13.2 Å². The van der Waals surface area contributed by atoms with E-state index in [0.717, 1.165) is 39.9 Å². The molecule has 0 saturated heterocycles. The van der Waals surface area contributed by atoms with Gasteiger partial charge in [0.1, 0.15) is 5.82 Å². The molecule has 0 radical (unpaired) electrons. The summed E-state index contributed by atoms with van der Waals surface area (Å²) in [4.78, 5) is 7.75. The molecule has 0 atom stereocenters. The number of nitrogens with zero attached hydrogens (tertiary/aromatic N) is 1. The zero-order valence-corrected chi connectivity index (χ0v) is 18.3. The molecule has 32 heavy (non-hydrogen) atoms. The van der Waals surface area contributed by atoms with Crippen LogP contribution >= 0.6 is 12.4 Å². The Morgan fingerprint density at radius 1 is 0.906 bits per heavy atom. The number of H-pyrrole nitrogens is 1. The first kappa shape index (κ1) is 23.6. The lowest BCUT2D eigenvalue weighted by molar-refractivity contribution is -0.137. The van der Waals surface area contributed by atoms with Crippen LogP contribution < -0.4 is 0 Å². The van der Waals surface area contributed by atoms with Crippen LogP contribution in [0.5, 0.6) is 0 Å². The van der Waals surface area contributed by atoms with Crippen molar-refractivity contribution >= 4 is 35.6 Å². The molecule has 4 aromatic rings. The summed E-state index contributed by atoms with van der Waals surface area (Å²) in [5, 5.41) is 10.5. The normalized spacial score (nSPS) is 12.3. The Bertz CT molecular complexity index is 1250. The van der Waals surface area contributed by atoms with Gasteiger partial charge in [-0.05, 0) is 66.4 Å². The van der Waals surface area contributed by atoms with Crippen LogP contribution in [-0.2, 0) is 11.8 Å². The highest BCUT2D eigenvalue weighted by Gasteiger charge is 2.29. The van der Waals surface area contributed by atoms with Crippen LogP contribution in [0.15, 0.2) is 66.7 Å². The second-order valence-electron chi connectivity index (χ2n) is 7.91. The summed E-state index contributed by atoms with van der Waals surface area (Å²) >= 11 is 0. The third-order valence-corrected chi connectivity index (χ3v) is 5.07. The molecule has 2 N–H and O–H groups in total. The fraction of sp³-hybridized carbons (Fsp3) is 0.160. The molecule has 0 spiro atoms. The Morgan fingerprint density at radius 3 is 2.25 bits per heavy atom. The van der Waals surface area contributed by atoms with E-state index in [-0.39, 0.29) is 12.4 Å². The van der Waals surface area contributed by atoms with Crippen molar-refractivity contribution in [2.45, 2.75) is 25.6 Å². The summed E-state index contributed by atoms with van der Waals surface area (Å²) < 4.78 is 38.1. The lowest BCUT2D eigenvalue weighted by atomic mass is 9.89. The van der Waals surface area contributed by atoms with Crippen molar-refractivity contribution in [1.29, 1.82) is 0 Å². The van der Waals surface area contributed by atoms with Crippen LogP contribution in [0.2, 0.25) is 0 Å². The van der Waals surface area contributed by atoms with Gasteiger partial charge in [-0.25, -0.2) is 4.98 Å². The third kappa shape index (κ3) is 5.03. The van der Waals surface area contributed by atoms with Crippen molar-refractivity contribution in [3.8, 4) is 11.1 Å². The molecule has 0 saturated carbocycles. The molecule has 1 heterocycles. The van der Waals surface area contributed by atoms with E-state index < -0.39 is 17.3 Å². The minimum Gasteiger partial charge on any atom is -0.386 e. The number of alkyl halides is 3. The number of halogens is 4. The first-order valence-corrected chi connectivity index (χ1v) is 9.79. The molecule has 3 nitrogen and oxygen atoms in total. The highest BCUT2D eigenvalue weighted by molar-refractivity contribution is 5.85. The number of aromatic amines is 1. The average Bonchev–Trinajstić information content (AvgIpc) is 3.13. The number of benzene rings is 3. The van der Waals surface area contributed by atoms with E-state index >= 15 is 0 Å². The van der Waals surface area contributed by atoms with Crippen molar-refractivity contribution in [2.24, 2.45) is 0 Å². The SMILES string of the molecule is CC(C)(O)c1ccccc1-c1ccc2nc(C=Cc3ccc(C(F)(F)F)cc3)[nH]c2c1.Cl. The Labute approximate surface area is 190 Å². The molecule has 0 aliphatic heterocycles. The Hall–Kier alpha value is -3.09. The van der Waals surface area contributed by atoms with Crippen molar-refractivity contribution in [3.05, 3.63) is 89.2 Å². The smallest absolute Gasteiger partial charge is 0.386 e. The van der Waals surface area contributed by atoms with Crippen molar-refractivity contribution < 1.29 is 18.3 Å². The van der Waals surface area contributed by atoms with Gasteiger partial charge in [0.05, 0.1) is 22.2 Å². The van der Waals surface area contributed by atoms with Crippen molar-refractivity contribution in [1.82, 2.24) is 9.97 Å². The number of hydrogen-bond donors (Lipinski definition) is 2. The Kier molecular flexibility index (Phi) is 6.49. The summed E-state index contributed by atoms with van der Waals surface area (Å²) in [7, 11) is 0. The van der Waals surface area contributed by atoms with Crippen LogP contribution in [0.25, 0.3) is 34.3 Å². The quantitative estimate of drug-likeness (QED) is 0.343. The van der Waals surface area contributed by atoms with Gasteiger partial charge in [-0.15, -0.1) is 12.4 Å². The second-order valence-corrected chi connectivity index (χ2v) is 7.91. The molecule has 4 rings (SSSR count). The second kappa shape index (κ2) is 8.81. The lowest BCUT2D eigenvalue weighted by Gasteiger charge is -2.21. The summed E-state index contributed by atoms with van der Waals surface area (Å²) in [5.41, 5.74) is 3.32. The highest BCUT2D eigenvalue weighted by Crippen LogP contribution is 2.33. The minimum absolute atomic E-state index is 0. The average molecular weight is 459 g/mol. The van der Waals surface area contributed by atoms with Crippen LogP contribution in [0.3, 0.4) is 0 Å². The molecule has 0 fully saturated rings. The van der Waals surface area contributed by atoms with E-state index in [2.05, 4.69) is 9.97 Å². The first-order valence-electron chi connectivity index (χ1n) is 9.79. The van der Waals surface area contributed by atoms with Crippen molar-refractivity contribution in [2.75, 3.05) is 0 Å². The van der Waals surface area contributed by atoms with E-state index in [1.807, 2.05) is 42.5 Å². The van der Waals surface area contributed by atoms with Crippen LogP contribution in [0.1, 0.15) is 36.4 Å². The van der Waals surface area contributed by atoms with E-state index in [1.54, 1.807) is 26.0 Å². The maximum atomic E-state index is 12.7. The summed E-state index contributed by atoms with van der Waals surface area (Å²) in [5.74, 6) is 0.600. The molecular weight excluding hydrogens is 437 g/mol. The van der Waals surface area contributed by atoms with Gasteiger partial charge < -0.3 is 10.1 Å². The number of fused-ring (bicyclic) bond motifs is 1. The monoisotopic (exact) mass is 458 g/mol. The molecule has 166 valence electrons. The van der Waals surface area contributed by atoms with Crippen LogP contribution in [0, 0.1) is 0 Å². The minimum atomic E-state index is -4.34. The fourth-order valence-corrected chi connectivity index (χ4v) is 3.50. The van der Waals surface area contributed by atoms with Gasteiger partial charge in [0, 0.05) is 0 Å². The molecule has 0 unspecified atom stereocenters. The van der Waals surface area contributed by atoms with E-state index in [4.69, 9.17) is 0 Å². The van der Waals surface area contributed by atoms with Crippen LogP contribution in [-0.4, -0.2) is 15.1 Å². The predicted octanol–water partition coefficient (Wildman–Crippen LogP) is 7.07. The van der Waals surface area contributed by atoms with E-state index in [9.17, 15) is 18.3 Å². The van der Waals surface area contributed by atoms with Gasteiger partial charge >= 0.3 is 6.18 Å². The summed E-state index contributed by atoms with van der Waals surface area (Å²) in [6.07, 6.45) is -0.905. The standard InChI is InChI=1S/C25H21F3N2O.ClH/c1-24(2,31)20-6-4-3-5-19(20)17-10-13-21-22(15-17)30-23(29-21)14-9-16-7-11-18(12-8-16)25(26,27)28;/h3-15,31H,1-2H3,(H,29,30);1H. The van der Waals surface area contributed by atoms with Gasteiger partial charge in [0.25, 0.3) is 0 Å². The molecular formula is C25H22ClF3N2O. The number of imidazole rings is 1. The molecule has 0 aliphatic carbocycles. The molecule has 1 aromatic heterocycles. The number of aliphatic hydroxyl groups is 1. The highest BCUT2D eigenvalue weighted by atomic mass is 35.5. The lowest BCUT2D eigenvalue weighted by Crippen LogP contribution is -2.16. The Balaban J connectivity index is 0.00000289. The zero-order valence-electron chi connectivity index (χ0n) is 17.4. The maximum absolute atomic E-state index is 12.7. The molecule has 0 bridgehead atoms. The topological polar surface area (TPSA) is 48.9 Å². The van der Waals surface area contributed by atoms with E-state index in [0.29, 0.717) is 11.4 Å². The van der Waals surface area contributed by atoms with E-state index in [1.165, 1.54) is 12.1 Å². The summed E-state index contributed by atoms with van der Waals surface area (Å²) in [6.45, 7) is 3.51. The fourth-order valence-electron chi connectivity index (χ4n) is 3.50. The number of nitrogens with one attached hydrogen (secondary N) is 1. The first-order chi connectivity index (χ1) is 14.6. The molecule has 0 amide bonds. The maximum Gasteiger partial charge on any atom is 0.416 e. The zero-order chi connectivity index (χ0) is 22.2. The van der Waals surface area contributed by atoms with Gasteiger partial charge in [0.2, 0.25) is 0 Å². The largest absolute Gasteiger partial charge is 0.416 e. The van der Waals surface area contributed by atoms with Crippen molar-refractivity contribution in [3.63, 3.8) is 0 Å². The van der Waals surface area contributed by atoms with Gasteiger partial charge in [-0.3, -0.25) is 0 Å². The molecule has 3 aromatic carbocycles. The Morgan fingerprint density at radius 2 is 1.59 bits per heavy atom. The summed E-state index contributed by atoms with van der Waals surface area (Å²) in [6, 6.07) is 18.5. The number of rotatable bonds is 4. The number of aromatic nitrogens is 2. The van der Waals surface area contributed by atoms with Gasteiger partial charge in [0.15, 0.2) is 0 Å². The third-order valence-electron chi connectivity index (χ3n) is 5.07. The molecule has 7 heteroatoms. The van der Waals surface area contributed by atoms with Gasteiger partial charge in [-0.1, -0.05) is 48.5 Å².